The highest BCUT2D eigenvalue weighted by Gasteiger charge is 2.25. The van der Waals surface area contributed by atoms with Crippen LogP contribution in [0.1, 0.15) is 46.5 Å². The number of alkyl halides is 3. The molecule has 1 fully saturated rings. The molecule has 8 nitrogen and oxygen atoms in total. The summed E-state index contributed by atoms with van der Waals surface area (Å²) in [6.07, 6.45) is 0.984. The van der Waals surface area contributed by atoms with Gasteiger partial charge in [-0.15, -0.1) is 0 Å². The Labute approximate surface area is 187 Å². The minimum atomic E-state index is -1.68. The summed E-state index contributed by atoms with van der Waals surface area (Å²) in [6, 6.07) is 0. The van der Waals surface area contributed by atoms with Crippen LogP contribution < -0.4 is 5.32 Å². The number of amides is 3. The zero-order chi connectivity index (χ0) is 22.1. The summed E-state index contributed by atoms with van der Waals surface area (Å²) in [4.78, 5) is 39.7. The van der Waals surface area contributed by atoms with E-state index in [4.69, 9.17) is 44.3 Å². The van der Waals surface area contributed by atoms with Crippen LogP contribution in [0, 0.1) is 0 Å². The van der Waals surface area contributed by atoms with Gasteiger partial charge in [0.25, 0.3) is 0 Å². The summed E-state index contributed by atoms with van der Waals surface area (Å²) in [5, 5.41) is 2.78. The van der Waals surface area contributed by atoms with Gasteiger partial charge in [-0.25, -0.2) is 9.59 Å². The van der Waals surface area contributed by atoms with E-state index >= 15 is 0 Å². The molecular formula is C18H30Cl3N3O5. The second-order valence-corrected chi connectivity index (χ2v) is 10.3. The number of hydrogen-bond donors (Lipinski definition) is 1. The monoisotopic (exact) mass is 473 g/mol. The maximum absolute atomic E-state index is 12.4. The second kappa shape index (κ2) is 11.9. The maximum atomic E-state index is 12.4. The predicted molar refractivity (Wildman–Crippen MR) is 112 cm³/mol. The van der Waals surface area contributed by atoms with Crippen LogP contribution in [-0.4, -0.2) is 76.6 Å². The molecule has 0 atom stereocenters. The molecule has 11 heteroatoms. The Balaban J connectivity index is 2.71. The molecule has 0 aromatic rings. The Morgan fingerprint density at radius 2 is 1.52 bits per heavy atom. The SMILES string of the molecule is CC(C)(C)OC(=O)N1CCCCN(C(=O)OCC(Cl)(Cl)Cl)CCCNC(=O)CC1. The van der Waals surface area contributed by atoms with E-state index in [0.717, 1.165) is 0 Å². The van der Waals surface area contributed by atoms with Crippen LogP contribution in [0.3, 0.4) is 0 Å². The third-order valence-corrected chi connectivity index (χ3v) is 4.24. The first-order valence-corrected chi connectivity index (χ1v) is 10.7. The highest BCUT2D eigenvalue weighted by Crippen LogP contribution is 2.26. The van der Waals surface area contributed by atoms with Crippen LogP contribution in [0.25, 0.3) is 0 Å². The van der Waals surface area contributed by atoms with E-state index in [1.54, 1.807) is 20.8 Å². The molecule has 3 amide bonds. The molecule has 1 rings (SSSR count). The van der Waals surface area contributed by atoms with E-state index in [9.17, 15) is 14.4 Å². The second-order valence-electron chi connectivity index (χ2n) is 7.78. The first kappa shape index (κ1) is 25.9. The largest absolute Gasteiger partial charge is 0.445 e. The fraction of sp³-hybridized carbons (Fsp3) is 0.833. The minimum Gasteiger partial charge on any atom is -0.445 e. The van der Waals surface area contributed by atoms with Crippen molar-refractivity contribution in [2.45, 2.75) is 55.8 Å². The molecule has 0 radical (unpaired) electrons. The quantitative estimate of drug-likeness (QED) is 0.585. The van der Waals surface area contributed by atoms with Gasteiger partial charge in [0.05, 0.1) is 0 Å². The van der Waals surface area contributed by atoms with Crippen LogP contribution in [-0.2, 0) is 14.3 Å². The Bertz CT molecular complexity index is 564. The van der Waals surface area contributed by atoms with Crippen molar-refractivity contribution in [2.24, 2.45) is 0 Å². The summed E-state index contributed by atoms with van der Waals surface area (Å²) >= 11 is 16.9. The number of nitrogens with zero attached hydrogens (tertiary/aromatic N) is 2. The van der Waals surface area contributed by atoms with Gasteiger partial charge >= 0.3 is 12.2 Å². The highest BCUT2D eigenvalue weighted by molar-refractivity contribution is 6.67. The van der Waals surface area contributed by atoms with E-state index in [1.165, 1.54) is 9.80 Å². The first-order valence-electron chi connectivity index (χ1n) is 9.60. The zero-order valence-electron chi connectivity index (χ0n) is 17.1. The highest BCUT2D eigenvalue weighted by atomic mass is 35.6. The Morgan fingerprint density at radius 3 is 2.07 bits per heavy atom. The van der Waals surface area contributed by atoms with Gasteiger partial charge in [-0.3, -0.25) is 4.79 Å². The summed E-state index contributed by atoms with van der Waals surface area (Å²) < 4.78 is 8.79. The molecule has 1 heterocycles. The smallest absolute Gasteiger partial charge is 0.410 e. The molecule has 0 bridgehead atoms. The standard InChI is InChI=1S/C18H30Cl3N3O5/c1-17(2,3)29-16(27)24-10-5-4-9-23(15(26)28-13-18(19,20)21)11-6-8-22-14(25)7-12-24/h4-13H2,1-3H3,(H,22,25). The number of hydrogen-bond acceptors (Lipinski definition) is 5. The fourth-order valence-corrected chi connectivity index (χ4v) is 2.74. The van der Waals surface area contributed by atoms with Gasteiger partial charge in [0.15, 0.2) is 0 Å². The summed E-state index contributed by atoms with van der Waals surface area (Å²) in [7, 11) is 0. The summed E-state index contributed by atoms with van der Waals surface area (Å²) in [6.45, 7) is 6.94. The van der Waals surface area contributed by atoms with Crippen LogP contribution >= 0.6 is 34.8 Å². The number of carbonyl (C=O) groups excluding carboxylic acids is 3. The zero-order valence-corrected chi connectivity index (χ0v) is 19.4. The molecule has 168 valence electrons. The van der Waals surface area contributed by atoms with Crippen molar-refractivity contribution >= 4 is 52.9 Å². The molecule has 29 heavy (non-hydrogen) atoms. The Kier molecular flexibility index (Phi) is 10.6. The van der Waals surface area contributed by atoms with Crippen LogP contribution in [0.2, 0.25) is 0 Å². The topological polar surface area (TPSA) is 88.2 Å². The van der Waals surface area contributed by atoms with Crippen molar-refractivity contribution in [1.29, 1.82) is 0 Å². The third-order valence-electron chi connectivity index (χ3n) is 3.91. The normalized spacial score (nSPS) is 18.1. The van der Waals surface area contributed by atoms with E-state index in [2.05, 4.69) is 5.32 Å². The number of nitrogens with one attached hydrogen (secondary N) is 1. The van der Waals surface area contributed by atoms with Crippen molar-refractivity contribution in [2.75, 3.05) is 39.3 Å². The molecule has 1 saturated heterocycles. The summed E-state index contributed by atoms with van der Waals surface area (Å²) in [5.41, 5.74) is -0.621. The molecule has 0 unspecified atom stereocenters. The van der Waals surface area contributed by atoms with Gasteiger partial charge in [0.2, 0.25) is 9.70 Å². The lowest BCUT2D eigenvalue weighted by molar-refractivity contribution is -0.121. The van der Waals surface area contributed by atoms with Gasteiger partial charge in [-0.2, -0.15) is 0 Å². The molecule has 0 aromatic carbocycles. The van der Waals surface area contributed by atoms with Gasteiger partial charge in [0, 0.05) is 39.1 Å². The van der Waals surface area contributed by atoms with Gasteiger partial charge in [0.1, 0.15) is 12.2 Å². The molecular weight excluding hydrogens is 445 g/mol. The van der Waals surface area contributed by atoms with Gasteiger partial charge < -0.3 is 24.6 Å². The van der Waals surface area contributed by atoms with Crippen LogP contribution in [0.4, 0.5) is 9.59 Å². The maximum Gasteiger partial charge on any atom is 0.410 e. The predicted octanol–water partition coefficient (Wildman–Crippen LogP) is 3.72. The lowest BCUT2D eigenvalue weighted by atomic mass is 10.2. The fourth-order valence-electron chi connectivity index (χ4n) is 2.58. The van der Waals surface area contributed by atoms with E-state index in [1.807, 2.05) is 0 Å². The average Bonchev–Trinajstić information content (AvgIpc) is 2.59. The van der Waals surface area contributed by atoms with Crippen LogP contribution in [0.15, 0.2) is 0 Å². The van der Waals surface area contributed by atoms with Crippen molar-refractivity contribution in [3.63, 3.8) is 0 Å². The summed E-state index contributed by atoms with van der Waals surface area (Å²) in [5.74, 6) is -0.164. The van der Waals surface area contributed by atoms with Gasteiger partial charge in [-0.1, -0.05) is 34.8 Å². The van der Waals surface area contributed by atoms with E-state index in [-0.39, 0.29) is 25.5 Å². The molecule has 0 aromatic heterocycles. The minimum absolute atomic E-state index is 0.164. The lowest BCUT2D eigenvalue weighted by Crippen LogP contribution is -2.39. The number of halogens is 3. The Hall–Kier alpha value is -1.12. The van der Waals surface area contributed by atoms with Gasteiger partial charge in [-0.05, 0) is 40.0 Å². The van der Waals surface area contributed by atoms with Crippen molar-refractivity contribution < 1.29 is 23.9 Å². The average molecular weight is 475 g/mol. The number of carbonyl (C=O) groups is 3. The van der Waals surface area contributed by atoms with Crippen molar-refractivity contribution in [3.05, 3.63) is 0 Å². The van der Waals surface area contributed by atoms with E-state index in [0.29, 0.717) is 45.4 Å². The lowest BCUT2D eigenvalue weighted by Gasteiger charge is -2.27. The molecule has 0 spiro atoms. The van der Waals surface area contributed by atoms with Crippen molar-refractivity contribution in [1.82, 2.24) is 15.1 Å². The first-order chi connectivity index (χ1) is 13.4. The van der Waals surface area contributed by atoms with Crippen LogP contribution in [0.5, 0.6) is 0 Å². The van der Waals surface area contributed by atoms with Crippen molar-refractivity contribution in [3.8, 4) is 0 Å². The molecule has 1 aliphatic rings. The number of rotatable bonds is 1. The molecule has 1 aliphatic heterocycles. The molecule has 0 aliphatic carbocycles. The van der Waals surface area contributed by atoms with E-state index < -0.39 is 21.6 Å². The molecule has 0 saturated carbocycles. The number of ether oxygens (including phenoxy) is 2. The third kappa shape index (κ3) is 12.2. The Morgan fingerprint density at radius 1 is 0.966 bits per heavy atom. The molecule has 1 N–H and O–H groups in total.